The third-order valence-electron chi connectivity index (χ3n) is 5.08. The van der Waals surface area contributed by atoms with Gasteiger partial charge in [0.1, 0.15) is 5.60 Å². The molecular formula is C17H30N2O4. The minimum Gasteiger partial charge on any atom is -0.444 e. The van der Waals surface area contributed by atoms with Crippen LogP contribution in [0.15, 0.2) is 0 Å². The SMILES string of the molecule is CC(C)(C)OC(=O)N1CCC2(CC1)C[C@H](N1CCOCC1)CO2. The van der Waals surface area contributed by atoms with E-state index in [9.17, 15) is 4.79 Å². The van der Waals surface area contributed by atoms with Gasteiger partial charge in [-0.25, -0.2) is 4.79 Å². The molecule has 0 aliphatic carbocycles. The van der Waals surface area contributed by atoms with Crippen molar-refractivity contribution < 1.29 is 19.0 Å². The van der Waals surface area contributed by atoms with Crippen LogP contribution in [0, 0.1) is 0 Å². The maximum atomic E-state index is 12.2. The number of nitrogens with zero attached hydrogens (tertiary/aromatic N) is 2. The van der Waals surface area contributed by atoms with E-state index in [1.807, 2.05) is 25.7 Å². The zero-order valence-corrected chi connectivity index (χ0v) is 14.7. The fourth-order valence-electron chi connectivity index (χ4n) is 3.77. The number of carbonyl (C=O) groups excluding carboxylic acids is 1. The first-order chi connectivity index (χ1) is 10.9. The molecule has 0 radical (unpaired) electrons. The number of amides is 1. The Labute approximate surface area is 139 Å². The molecule has 0 bridgehead atoms. The first kappa shape index (κ1) is 17.0. The lowest BCUT2D eigenvalue weighted by atomic mass is 9.87. The molecule has 1 spiro atoms. The number of piperidine rings is 1. The number of rotatable bonds is 1. The Morgan fingerprint density at radius 2 is 1.78 bits per heavy atom. The average Bonchev–Trinajstić information content (AvgIpc) is 2.91. The topological polar surface area (TPSA) is 51.2 Å². The second-order valence-electron chi connectivity index (χ2n) is 7.97. The van der Waals surface area contributed by atoms with E-state index in [2.05, 4.69) is 4.90 Å². The van der Waals surface area contributed by atoms with Crippen LogP contribution in [0.2, 0.25) is 0 Å². The quantitative estimate of drug-likeness (QED) is 0.736. The molecule has 0 aromatic heterocycles. The fraction of sp³-hybridized carbons (Fsp3) is 0.941. The van der Waals surface area contributed by atoms with Gasteiger partial charge in [0, 0.05) is 32.2 Å². The fourth-order valence-corrected chi connectivity index (χ4v) is 3.77. The molecule has 132 valence electrons. The zero-order chi connectivity index (χ0) is 16.5. The molecule has 3 fully saturated rings. The van der Waals surface area contributed by atoms with Crippen molar-refractivity contribution in [2.75, 3.05) is 46.0 Å². The van der Waals surface area contributed by atoms with Crippen LogP contribution in [0.25, 0.3) is 0 Å². The van der Waals surface area contributed by atoms with Crippen LogP contribution in [0.3, 0.4) is 0 Å². The van der Waals surface area contributed by atoms with Gasteiger partial charge in [-0.3, -0.25) is 4.90 Å². The van der Waals surface area contributed by atoms with Gasteiger partial charge in [0.2, 0.25) is 0 Å². The molecule has 0 aromatic carbocycles. The lowest BCUT2D eigenvalue weighted by molar-refractivity contribution is -0.0492. The summed E-state index contributed by atoms with van der Waals surface area (Å²) in [6.07, 6.45) is 2.70. The molecule has 3 saturated heterocycles. The molecule has 6 heteroatoms. The van der Waals surface area contributed by atoms with Crippen molar-refractivity contribution in [2.45, 2.75) is 57.3 Å². The summed E-state index contributed by atoms with van der Waals surface area (Å²) in [6, 6.07) is 0.506. The van der Waals surface area contributed by atoms with Gasteiger partial charge in [0.05, 0.1) is 25.4 Å². The van der Waals surface area contributed by atoms with Crippen LogP contribution in [-0.4, -0.2) is 79.1 Å². The van der Waals surface area contributed by atoms with Gasteiger partial charge in [-0.1, -0.05) is 0 Å². The Morgan fingerprint density at radius 1 is 1.13 bits per heavy atom. The monoisotopic (exact) mass is 326 g/mol. The Bertz CT molecular complexity index is 421. The van der Waals surface area contributed by atoms with E-state index in [1.165, 1.54) is 0 Å². The molecule has 3 heterocycles. The zero-order valence-electron chi connectivity index (χ0n) is 14.7. The molecule has 0 N–H and O–H groups in total. The maximum Gasteiger partial charge on any atom is 0.410 e. The van der Waals surface area contributed by atoms with E-state index in [-0.39, 0.29) is 11.7 Å². The van der Waals surface area contributed by atoms with Gasteiger partial charge in [-0.2, -0.15) is 0 Å². The third-order valence-corrected chi connectivity index (χ3v) is 5.08. The first-order valence-electron chi connectivity index (χ1n) is 8.81. The van der Waals surface area contributed by atoms with Crippen molar-refractivity contribution in [1.82, 2.24) is 9.80 Å². The Kier molecular flexibility index (Phi) is 4.85. The minimum atomic E-state index is -0.433. The first-order valence-corrected chi connectivity index (χ1v) is 8.81. The number of hydrogen-bond acceptors (Lipinski definition) is 5. The summed E-state index contributed by atoms with van der Waals surface area (Å²) in [5.74, 6) is 0. The lowest BCUT2D eigenvalue weighted by Gasteiger charge is -2.39. The molecule has 0 aromatic rings. The van der Waals surface area contributed by atoms with E-state index in [0.717, 1.165) is 65.3 Å². The van der Waals surface area contributed by atoms with Crippen LogP contribution in [0.1, 0.15) is 40.0 Å². The van der Waals surface area contributed by atoms with Gasteiger partial charge in [-0.15, -0.1) is 0 Å². The smallest absolute Gasteiger partial charge is 0.410 e. The van der Waals surface area contributed by atoms with Gasteiger partial charge in [0.25, 0.3) is 0 Å². The van der Waals surface area contributed by atoms with Crippen LogP contribution in [-0.2, 0) is 14.2 Å². The summed E-state index contributed by atoms with van der Waals surface area (Å²) < 4.78 is 17.1. The lowest BCUT2D eigenvalue weighted by Crippen LogP contribution is -2.49. The van der Waals surface area contributed by atoms with Crippen molar-refractivity contribution in [3.8, 4) is 0 Å². The summed E-state index contributed by atoms with van der Waals surface area (Å²) in [5.41, 5.74) is -0.473. The highest BCUT2D eigenvalue weighted by Gasteiger charge is 2.45. The molecule has 3 rings (SSSR count). The van der Waals surface area contributed by atoms with Crippen molar-refractivity contribution in [3.05, 3.63) is 0 Å². The summed E-state index contributed by atoms with van der Waals surface area (Å²) >= 11 is 0. The molecule has 6 nitrogen and oxygen atoms in total. The van der Waals surface area contributed by atoms with Gasteiger partial charge in [0.15, 0.2) is 0 Å². The predicted octanol–water partition coefficient (Wildman–Crippen LogP) is 1.88. The number of carbonyl (C=O) groups is 1. The van der Waals surface area contributed by atoms with Gasteiger partial charge >= 0.3 is 6.09 Å². The average molecular weight is 326 g/mol. The molecule has 23 heavy (non-hydrogen) atoms. The second kappa shape index (κ2) is 6.57. The van der Waals surface area contributed by atoms with Crippen LogP contribution in [0.5, 0.6) is 0 Å². The Balaban J connectivity index is 1.49. The van der Waals surface area contributed by atoms with Crippen molar-refractivity contribution in [3.63, 3.8) is 0 Å². The Morgan fingerprint density at radius 3 is 2.39 bits per heavy atom. The van der Waals surface area contributed by atoms with Crippen LogP contribution < -0.4 is 0 Å². The molecule has 1 amide bonds. The highest BCUT2D eigenvalue weighted by molar-refractivity contribution is 5.68. The summed E-state index contributed by atoms with van der Waals surface area (Å²) in [5, 5.41) is 0. The summed E-state index contributed by atoms with van der Waals surface area (Å²) in [7, 11) is 0. The highest BCUT2D eigenvalue weighted by atomic mass is 16.6. The second-order valence-corrected chi connectivity index (χ2v) is 7.97. The maximum absolute atomic E-state index is 12.2. The molecular weight excluding hydrogens is 296 g/mol. The third kappa shape index (κ3) is 4.17. The van der Waals surface area contributed by atoms with E-state index in [1.54, 1.807) is 0 Å². The van der Waals surface area contributed by atoms with E-state index in [4.69, 9.17) is 14.2 Å². The highest BCUT2D eigenvalue weighted by Crippen LogP contribution is 2.38. The molecule has 0 saturated carbocycles. The minimum absolute atomic E-state index is 0.0402. The number of hydrogen-bond donors (Lipinski definition) is 0. The molecule has 0 unspecified atom stereocenters. The standard InChI is InChI=1S/C17H30N2O4/c1-16(2,3)23-15(20)19-6-4-17(5-7-19)12-14(13-22-17)18-8-10-21-11-9-18/h14H,4-13H2,1-3H3/t14-/m0/s1. The van der Waals surface area contributed by atoms with Crippen molar-refractivity contribution >= 4 is 6.09 Å². The van der Waals surface area contributed by atoms with Crippen LogP contribution in [0.4, 0.5) is 4.79 Å². The van der Waals surface area contributed by atoms with Crippen LogP contribution >= 0.6 is 0 Å². The van der Waals surface area contributed by atoms with Crippen molar-refractivity contribution in [1.29, 1.82) is 0 Å². The summed E-state index contributed by atoms with van der Waals surface area (Å²) in [6.45, 7) is 11.7. The largest absolute Gasteiger partial charge is 0.444 e. The van der Waals surface area contributed by atoms with E-state index >= 15 is 0 Å². The number of likely N-dealkylation sites (tertiary alicyclic amines) is 1. The molecule has 3 aliphatic heterocycles. The van der Waals surface area contributed by atoms with Gasteiger partial charge in [-0.05, 0) is 40.0 Å². The molecule has 3 aliphatic rings. The summed E-state index contributed by atoms with van der Waals surface area (Å²) in [4.78, 5) is 16.5. The van der Waals surface area contributed by atoms with Gasteiger partial charge < -0.3 is 19.1 Å². The van der Waals surface area contributed by atoms with E-state index < -0.39 is 5.60 Å². The molecule has 1 atom stereocenters. The number of ether oxygens (including phenoxy) is 3. The number of morpholine rings is 1. The van der Waals surface area contributed by atoms with E-state index in [0.29, 0.717) is 6.04 Å². The Hall–Kier alpha value is -0.850. The normalized spacial score (nSPS) is 29.0. The predicted molar refractivity (Wildman–Crippen MR) is 86.5 cm³/mol. The van der Waals surface area contributed by atoms with Crippen molar-refractivity contribution in [2.24, 2.45) is 0 Å².